The van der Waals surface area contributed by atoms with Crippen molar-refractivity contribution < 1.29 is 9.47 Å². The van der Waals surface area contributed by atoms with E-state index in [9.17, 15) is 0 Å². The predicted molar refractivity (Wildman–Crippen MR) is 88.7 cm³/mol. The number of ether oxygens (including phenoxy) is 2. The summed E-state index contributed by atoms with van der Waals surface area (Å²) in [6.07, 6.45) is 4.91. The van der Waals surface area contributed by atoms with Crippen molar-refractivity contribution in [3.05, 3.63) is 58.7 Å². The van der Waals surface area contributed by atoms with Crippen molar-refractivity contribution in [2.45, 2.75) is 31.7 Å². The van der Waals surface area contributed by atoms with Gasteiger partial charge in [-0.05, 0) is 48.4 Å². The van der Waals surface area contributed by atoms with E-state index in [0.717, 1.165) is 23.3 Å². The lowest BCUT2D eigenvalue weighted by atomic mass is 9.88. The molecule has 0 radical (unpaired) electrons. The lowest BCUT2D eigenvalue weighted by Crippen LogP contribution is -2.15. The molecule has 3 rings (SSSR count). The van der Waals surface area contributed by atoms with E-state index in [-0.39, 0.29) is 6.04 Å². The Kier molecular flexibility index (Phi) is 4.34. The molecule has 0 spiro atoms. The number of benzene rings is 2. The van der Waals surface area contributed by atoms with Crippen molar-refractivity contribution in [2.75, 3.05) is 14.2 Å². The van der Waals surface area contributed by atoms with E-state index in [2.05, 4.69) is 18.2 Å². The van der Waals surface area contributed by atoms with Crippen LogP contribution in [0.4, 0.5) is 0 Å². The second-order valence-corrected chi connectivity index (χ2v) is 5.80. The van der Waals surface area contributed by atoms with Gasteiger partial charge in [-0.15, -0.1) is 0 Å². The molecule has 0 saturated carbocycles. The molecule has 1 atom stereocenters. The molecule has 0 saturated heterocycles. The standard InChI is InChI=1S/C19H23NO2/c1-21-17-9-5-8-16(19(17)22-2)18(20)15-11-10-13-6-3-4-7-14(13)12-15/h5,8-12,18H,3-4,6-7,20H2,1-2H3. The quantitative estimate of drug-likeness (QED) is 0.937. The Labute approximate surface area is 132 Å². The minimum Gasteiger partial charge on any atom is -0.493 e. The minimum atomic E-state index is -0.211. The van der Waals surface area contributed by atoms with Gasteiger partial charge in [0.05, 0.1) is 20.3 Å². The summed E-state index contributed by atoms with van der Waals surface area (Å²) in [6, 6.07) is 12.3. The van der Waals surface area contributed by atoms with Crippen molar-refractivity contribution in [3.63, 3.8) is 0 Å². The molecule has 2 N–H and O–H groups in total. The van der Waals surface area contributed by atoms with Crippen molar-refractivity contribution in [2.24, 2.45) is 5.73 Å². The van der Waals surface area contributed by atoms with Gasteiger partial charge in [0.1, 0.15) is 0 Å². The molecule has 1 unspecified atom stereocenters. The van der Waals surface area contributed by atoms with Crippen LogP contribution in [0.3, 0.4) is 0 Å². The highest BCUT2D eigenvalue weighted by molar-refractivity contribution is 5.51. The maximum Gasteiger partial charge on any atom is 0.165 e. The van der Waals surface area contributed by atoms with Crippen LogP contribution in [-0.4, -0.2) is 14.2 Å². The third kappa shape index (κ3) is 2.69. The fourth-order valence-corrected chi connectivity index (χ4v) is 3.28. The van der Waals surface area contributed by atoms with E-state index < -0.39 is 0 Å². The number of methoxy groups -OCH3 is 2. The molecule has 0 bridgehead atoms. The predicted octanol–water partition coefficient (Wildman–Crippen LogP) is 3.63. The van der Waals surface area contributed by atoms with Gasteiger partial charge in [-0.25, -0.2) is 0 Å². The Balaban J connectivity index is 1.99. The molecule has 1 aliphatic rings. The Morgan fingerprint density at radius 2 is 1.73 bits per heavy atom. The molecule has 0 fully saturated rings. The van der Waals surface area contributed by atoms with Crippen molar-refractivity contribution in [1.82, 2.24) is 0 Å². The molecule has 0 aliphatic heterocycles. The summed E-state index contributed by atoms with van der Waals surface area (Å²) >= 11 is 0. The first-order chi connectivity index (χ1) is 10.7. The van der Waals surface area contributed by atoms with Gasteiger partial charge in [-0.2, -0.15) is 0 Å². The normalized spacial score (nSPS) is 15.0. The number of para-hydroxylation sites is 1. The fraction of sp³-hybridized carbons (Fsp3) is 0.368. The molecule has 2 aromatic carbocycles. The van der Waals surface area contributed by atoms with Crippen molar-refractivity contribution in [3.8, 4) is 11.5 Å². The first kappa shape index (κ1) is 14.9. The van der Waals surface area contributed by atoms with E-state index >= 15 is 0 Å². The summed E-state index contributed by atoms with van der Waals surface area (Å²) in [5, 5.41) is 0. The molecular weight excluding hydrogens is 274 g/mol. The van der Waals surface area contributed by atoms with Crippen LogP contribution in [0.25, 0.3) is 0 Å². The number of aryl methyl sites for hydroxylation is 2. The second kappa shape index (κ2) is 6.41. The van der Waals surface area contributed by atoms with Crippen LogP contribution < -0.4 is 15.2 Å². The number of hydrogen-bond donors (Lipinski definition) is 1. The zero-order chi connectivity index (χ0) is 15.5. The average Bonchev–Trinajstić information content (AvgIpc) is 2.59. The maximum absolute atomic E-state index is 6.51. The maximum atomic E-state index is 6.51. The highest BCUT2D eigenvalue weighted by Crippen LogP contribution is 2.36. The van der Waals surface area contributed by atoms with Gasteiger partial charge in [0.2, 0.25) is 0 Å². The molecule has 0 aromatic heterocycles. The summed E-state index contributed by atoms with van der Waals surface area (Å²) in [7, 11) is 3.30. The Morgan fingerprint density at radius 1 is 0.955 bits per heavy atom. The van der Waals surface area contributed by atoms with Crippen LogP contribution in [0.15, 0.2) is 36.4 Å². The van der Waals surface area contributed by atoms with Crippen molar-refractivity contribution >= 4 is 0 Å². The number of hydrogen-bond acceptors (Lipinski definition) is 3. The molecule has 0 heterocycles. The largest absolute Gasteiger partial charge is 0.493 e. The Bertz CT molecular complexity index is 666. The van der Waals surface area contributed by atoms with E-state index in [1.807, 2.05) is 18.2 Å². The summed E-state index contributed by atoms with van der Waals surface area (Å²) in [5.41, 5.74) is 11.5. The van der Waals surface area contributed by atoms with Crippen LogP contribution in [-0.2, 0) is 12.8 Å². The highest BCUT2D eigenvalue weighted by Gasteiger charge is 2.19. The third-order valence-corrected chi connectivity index (χ3v) is 4.50. The number of fused-ring (bicyclic) bond motifs is 1. The lowest BCUT2D eigenvalue weighted by molar-refractivity contribution is 0.350. The summed E-state index contributed by atoms with van der Waals surface area (Å²) < 4.78 is 10.9. The van der Waals surface area contributed by atoms with Crippen LogP contribution in [0.5, 0.6) is 11.5 Å². The van der Waals surface area contributed by atoms with Crippen LogP contribution in [0, 0.1) is 0 Å². The first-order valence-electron chi connectivity index (χ1n) is 7.82. The fourth-order valence-electron chi connectivity index (χ4n) is 3.28. The van der Waals surface area contributed by atoms with E-state index in [1.54, 1.807) is 14.2 Å². The van der Waals surface area contributed by atoms with Gasteiger partial charge >= 0.3 is 0 Å². The van der Waals surface area contributed by atoms with Gasteiger partial charge in [0, 0.05) is 5.56 Å². The van der Waals surface area contributed by atoms with Crippen LogP contribution in [0.2, 0.25) is 0 Å². The SMILES string of the molecule is COc1cccc(C(N)c2ccc3c(c2)CCCC3)c1OC. The number of rotatable bonds is 4. The monoisotopic (exact) mass is 297 g/mol. The summed E-state index contributed by atoms with van der Waals surface area (Å²) in [4.78, 5) is 0. The van der Waals surface area contributed by atoms with E-state index in [0.29, 0.717) is 5.75 Å². The van der Waals surface area contributed by atoms with Gasteiger partial charge in [-0.1, -0.05) is 30.3 Å². The van der Waals surface area contributed by atoms with Gasteiger partial charge in [0.15, 0.2) is 11.5 Å². The highest BCUT2D eigenvalue weighted by atomic mass is 16.5. The molecule has 116 valence electrons. The second-order valence-electron chi connectivity index (χ2n) is 5.80. The van der Waals surface area contributed by atoms with Crippen LogP contribution >= 0.6 is 0 Å². The van der Waals surface area contributed by atoms with E-state index in [4.69, 9.17) is 15.2 Å². The molecule has 0 amide bonds. The molecule has 1 aliphatic carbocycles. The third-order valence-electron chi connectivity index (χ3n) is 4.50. The zero-order valence-electron chi connectivity index (χ0n) is 13.3. The Hall–Kier alpha value is -2.00. The molecule has 3 heteroatoms. The van der Waals surface area contributed by atoms with Gasteiger partial charge < -0.3 is 15.2 Å². The smallest absolute Gasteiger partial charge is 0.165 e. The molecule has 2 aromatic rings. The van der Waals surface area contributed by atoms with E-state index in [1.165, 1.54) is 30.4 Å². The topological polar surface area (TPSA) is 44.5 Å². The van der Waals surface area contributed by atoms with Crippen LogP contribution in [0.1, 0.15) is 41.1 Å². The molecular formula is C19H23NO2. The van der Waals surface area contributed by atoms with Gasteiger partial charge in [0.25, 0.3) is 0 Å². The molecule has 22 heavy (non-hydrogen) atoms. The molecule has 3 nitrogen and oxygen atoms in total. The summed E-state index contributed by atoms with van der Waals surface area (Å²) in [6.45, 7) is 0. The first-order valence-corrected chi connectivity index (χ1v) is 7.82. The van der Waals surface area contributed by atoms with Gasteiger partial charge in [-0.3, -0.25) is 0 Å². The minimum absolute atomic E-state index is 0.211. The zero-order valence-corrected chi connectivity index (χ0v) is 13.3. The summed E-state index contributed by atoms with van der Waals surface area (Å²) in [5.74, 6) is 1.43. The Morgan fingerprint density at radius 3 is 2.45 bits per heavy atom. The average molecular weight is 297 g/mol. The number of nitrogens with two attached hydrogens (primary N) is 1. The lowest BCUT2D eigenvalue weighted by Gasteiger charge is -2.21. The van der Waals surface area contributed by atoms with Crippen molar-refractivity contribution in [1.29, 1.82) is 0 Å².